The lowest BCUT2D eigenvalue weighted by Gasteiger charge is -2.19. The Balaban J connectivity index is 2.16. The van der Waals surface area contributed by atoms with Crippen LogP contribution in [0.1, 0.15) is 50.4 Å². The fraction of sp³-hybridized carbons (Fsp3) is 0.273. The van der Waals surface area contributed by atoms with Crippen LogP contribution in [-0.4, -0.2) is 25.6 Å². The van der Waals surface area contributed by atoms with Crippen molar-refractivity contribution in [2.75, 3.05) is 0 Å². The summed E-state index contributed by atoms with van der Waals surface area (Å²) in [6, 6.07) is 14.0. The molecule has 0 saturated carbocycles. The Morgan fingerprint density at radius 2 is 1.93 bits per heavy atom. The highest BCUT2D eigenvalue weighted by atomic mass is 35.5. The Morgan fingerprint density at radius 1 is 1.10 bits per heavy atom. The number of H-pyrrole nitrogens is 1. The molecule has 2 heterocycles. The van der Waals surface area contributed by atoms with Gasteiger partial charge in [0.25, 0.3) is 0 Å². The number of aromatic amines is 1. The number of halogens is 1. The van der Waals surface area contributed by atoms with Gasteiger partial charge < -0.3 is 5.73 Å². The van der Waals surface area contributed by atoms with Crippen LogP contribution in [0.5, 0.6) is 0 Å². The molecule has 0 amide bonds. The maximum atomic E-state index is 6.47. The molecule has 0 aliphatic carbocycles. The van der Waals surface area contributed by atoms with Crippen LogP contribution in [0.3, 0.4) is 0 Å². The summed E-state index contributed by atoms with van der Waals surface area (Å²) in [6.45, 7) is 6.40. The third kappa shape index (κ3) is 3.61. The summed E-state index contributed by atoms with van der Waals surface area (Å²) in [5.41, 5.74) is 12.1. The fourth-order valence-electron chi connectivity index (χ4n) is 3.56. The molecule has 0 bridgehead atoms. The van der Waals surface area contributed by atoms with E-state index < -0.39 is 0 Å². The average Bonchev–Trinajstić information content (AvgIpc) is 3.26. The third-order valence-corrected chi connectivity index (χ3v) is 5.41. The van der Waals surface area contributed by atoms with Crippen LogP contribution in [0.15, 0.2) is 42.5 Å². The molecule has 0 saturated heterocycles. The number of benzene rings is 2. The molecule has 4 aromatic rings. The molecule has 1 atom stereocenters. The smallest absolute Gasteiger partial charge is 0.207 e. The van der Waals surface area contributed by atoms with E-state index >= 15 is 0 Å². The number of nitrogens with zero attached hydrogens (tertiary/aromatic N) is 4. The standard InChI is InChI=1S/C22H23ClN6/c1-4-17(24)21-20(22-26-28-29-27-22)19(14-7-5-6-13(10-14)12(2)3)16-11-15(23)8-9-18(16)25-21/h5-12,17H,4,24H2,1-3H3,(H,26,27,28,29). The van der Waals surface area contributed by atoms with Crippen molar-refractivity contribution in [2.24, 2.45) is 5.73 Å². The van der Waals surface area contributed by atoms with Crippen molar-refractivity contribution >= 4 is 22.5 Å². The molecule has 1 unspecified atom stereocenters. The van der Waals surface area contributed by atoms with Crippen molar-refractivity contribution in [3.05, 3.63) is 58.7 Å². The monoisotopic (exact) mass is 406 g/mol. The Kier molecular flexibility index (Phi) is 5.30. The Hall–Kier alpha value is -2.83. The first-order valence-electron chi connectivity index (χ1n) is 9.72. The number of fused-ring (bicyclic) bond motifs is 1. The summed E-state index contributed by atoms with van der Waals surface area (Å²) in [5, 5.41) is 16.4. The predicted octanol–water partition coefficient (Wildman–Crippen LogP) is 5.27. The lowest BCUT2D eigenvalue weighted by molar-refractivity contribution is 0.680. The van der Waals surface area contributed by atoms with Crippen molar-refractivity contribution in [1.82, 2.24) is 25.6 Å². The molecular formula is C22H23ClN6. The van der Waals surface area contributed by atoms with Crippen molar-refractivity contribution in [2.45, 2.75) is 39.2 Å². The van der Waals surface area contributed by atoms with Gasteiger partial charge in [-0.05, 0) is 46.9 Å². The second kappa shape index (κ2) is 7.89. The zero-order valence-electron chi connectivity index (χ0n) is 16.6. The number of nitrogens with one attached hydrogen (secondary N) is 1. The van der Waals surface area contributed by atoms with E-state index in [2.05, 4.69) is 58.7 Å². The highest BCUT2D eigenvalue weighted by Crippen LogP contribution is 2.41. The number of hydrogen-bond acceptors (Lipinski definition) is 5. The number of aromatic nitrogens is 5. The molecule has 2 aromatic heterocycles. The first-order chi connectivity index (χ1) is 14.0. The maximum Gasteiger partial charge on any atom is 0.207 e. The number of pyridine rings is 1. The zero-order chi connectivity index (χ0) is 20.5. The van der Waals surface area contributed by atoms with Crippen molar-refractivity contribution in [3.8, 4) is 22.5 Å². The molecule has 0 radical (unpaired) electrons. The maximum absolute atomic E-state index is 6.47. The molecule has 3 N–H and O–H groups in total. The van der Waals surface area contributed by atoms with E-state index in [1.54, 1.807) is 0 Å². The van der Waals surface area contributed by atoms with Crippen LogP contribution in [0.2, 0.25) is 5.02 Å². The van der Waals surface area contributed by atoms with Crippen LogP contribution in [0.25, 0.3) is 33.4 Å². The lowest BCUT2D eigenvalue weighted by Crippen LogP contribution is -2.14. The Bertz CT molecular complexity index is 1150. The molecule has 0 fully saturated rings. The molecule has 4 rings (SSSR count). The molecule has 7 heteroatoms. The van der Waals surface area contributed by atoms with Crippen molar-refractivity contribution < 1.29 is 0 Å². The van der Waals surface area contributed by atoms with Crippen molar-refractivity contribution in [3.63, 3.8) is 0 Å². The van der Waals surface area contributed by atoms with Gasteiger partial charge in [-0.15, -0.1) is 10.2 Å². The summed E-state index contributed by atoms with van der Waals surface area (Å²) in [7, 11) is 0. The van der Waals surface area contributed by atoms with Gasteiger partial charge in [-0.1, -0.05) is 56.6 Å². The minimum Gasteiger partial charge on any atom is -0.323 e. The van der Waals surface area contributed by atoms with E-state index in [9.17, 15) is 0 Å². The van der Waals surface area contributed by atoms with Gasteiger partial charge in [0.2, 0.25) is 5.82 Å². The van der Waals surface area contributed by atoms with Gasteiger partial charge >= 0.3 is 0 Å². The van der Waals surface area contributed by atoms with Crippen LogP contribution >= 0.6 is 11.6 Å². The third-order valence-electron chi connectivity index (χ3n) is 5.18. The molecule has 0 spiro atoms. The molecule has 0 aliphatic heterocycles. The second-order valence-electron chi connectivity index (χ2n) is 7.44. The van der Waals surface area contributed by atoms with E-state index in [4.69, 9.17) is 22.3 Å². The van der Waals surface area contributed by atoms with Gasteiger partial charge in [0.1, 0.15) is 0 Å². The zero-order valence-corrected chi connectivity index (χ0v) is 17.4. The number of nitrogens with two attached hydrogens (primary N) is 1. The van der Waals surface area contributed by atoms with E-state index in [0.717, 1.165) is 39.7 Å². The van der Waals surface area contributed by atoms with Gasteiger partial charge in [0.15, 0.2) is 0 Å². The minimum absolute atomic E-state index is 0.254. The van der Waals surface area contributed by atoms with E-state index in [-0.39, 0.29) is 6.04 Å². The fourth-order valence-corrected chi connectivity index (χ4v) is 3.74. The summed E-state index contributed by atoms with van der Waals surface area (Å²) in [6.07, 6.45) is 0.739. The number of tetrazole rings is 1. The van der Waals surface area contributed by atoms with Crippen LogP contribution in [0.4, 0.5) is 0 Å². The highest BCUT2D eigenvalue weighted by Gasteiger charge is 2.24. The molecule has 148 valence electrons. The van der Waals surface area contributed by atoms with Crippen LogP contribution in [0, 0.1) is 0 Å². The topological polar surface area (TPSA) is 93.4 Å². The second-order valence-corrected chi connectivity index (χ2v) is 7.88. The van der Waals surface area contributed by atoms with Crippen LogP contribution in [-0.2, 0) is 0 Å². The molecule has 29 heavy (non-hydrogen) atoms. The highest BCUT2D eigenvalue weighted by molar-refractivity contribution is 6.31. The Morgan fingerprint density at radius 3 is 2.62 bits per heavy atom. The Labute approximate surface area is 174 Å². The number of hydrogen-bond donors (Lipinski definition) is 2. The predicted molar refractivity (Wildman–Crippen MR) is 117 cm³/mol. The largest absolute Gasteiger partial charge is 0.323 e. The average molecular weight is 407 g/mol. The molecule has 6 nitrogen and oxygen atoms in total. The molecular weight excluding hydrogens is 384 g/mol. The van der Waals surface area contributed by atoms with Crippen molar-refractivity contribution in [1.29, 1.82) is 0 Å². The minimum atomic E-state index is -0.254. The summed E-state index contributed by atoms with van der Waals surface area (Å²) < 4.78 is 0. The van der Waals surface area contributed by atoms with Gasteiger partial charge in [-0.2, -0.15) is 5.21 Å². The first kappa shape index (κ1) is 19.5. The van der Waals surface area contributed by atoms with E-state index in [1.807, 2.05) is 25.1 Å². The SMILES string of the molecule is CCC(N)c1nc2ccc(Cl)cc2c(-c2cccc(C(C)C)c2)c1-c1nn[nH]n1. The summed E-state index contributed by atoms with van der Waals surface area (Å²) in [4.78, 5) is 4.88. The van der Waals surface area contributed by atoms with Gasteiger partial charge in [0, 0.05) is 22.0 Å². The lowest BCUT2D eigenvalue weighted by atomic mass is 9.89. The number of rotatable bonds is 5. The molecule has 0 aliphatic rings. The first-order valence-corrected chi connectivity index (χ1v) is 10.1. The van der Waals surface area contributed by atoms with Gasteiger partial charge in [0.05, 0.1) is 16.8 Å². The van der Waals surface area contributed by atoms with Gasteiger partial charge in [-0.3, -0.25) is 4.98 Å². The van der Waals surface area contributed by atoms with Gasteiger partial charge in [-0.25, -0.2) is 0 Å². The van der Waals surface area contributed by atoms with Crippen LogP contribution < -0.4 is 5.73 Å². The summed E-state index contributed by atoms with van der Waals surface area (Å²) in [5.74, 6) is 0.876. The summed E-state index contributed by atoms with van der Waals surface area (Å²) >= 11 is 6.36. The normalized spacial score (nSPS) is 12.6. The quantitative estimate of drug-likeness (QED) is 0.471. The van der Waals surface area contributed by atoms with E-state index in [1.165, 1.54) is 5.56 Å². The molecule has 2 aromatic carbocycles. The van der Waals surface area contributed by atoms with E-state index in [0.29, 0.717) is 16.8 Å².